The molecular formula is C6H13NO. The Kier molecular flexibility index (Phi) is 5.01. The summed E-state index contributed by atoms with van der Waals surface area (Å²) >= 11 is 0. The van der Waals surface area contributed by atoms with Crippen molar-refractivity contribution in [1.82, 2.24) is 5.90 Å². The van der Waals surface area contributed by atoms with Crippen molar-refractivity contribution in [1.29, 1.82) is 0 Å². The summed E-state index contributed by atoms with van der Waals surface area (Å²) in [5.41, 5.74) is 0. The standard InChI is InChI=1S/C6H13NO/c1-3-5-6(4-2)8-7/h6H,3-5H2,1-2H3. The highest BCUT2D eigenvalue weighted by Gasteiger charge is 2.01. The summed E-state index contributed by atoms with van der Waals surface area (Å²) in [6.07, 6.45) is 2.97. The maximum absolute atomic E-state index is 8.16. The molecule has 1 atom stereocenters. The largest absolute Gasteiger partial charge is 0.260 e. The average Bonchev–Trinajstić information content (AvgIpc) is 1.83. The van der Waals surface area contributed by atoms with Crippen LogP contribution in [-0.2, 0) is 4.84 Å². The highest BCUT2D eigenvalue weighted by Crippen LogP contribution is 2.02. The summed E-state index contributed by atoms with van der Waals surface area (Å²) in [5.74, 6) is 8.16. The van der Waals surface area contributed by atoms with Gasteiger partial charge in [-0.25, -0.2) is 0 Å². The summed E-state index contributed by atoms with van der Waals surface area (Å²) in [4.78, 5) is 4.14. The van der Waals surface area contributed by atoms with Gasteiger partial charge >= 0.3 is 0 Å². The molecule has 0 aliphatic carbocycles. The third kappa shape index (κ3) is 2.99. The molecule has 0 aromatic heterocycles. The minimum Gasteiger partial charge on any atom is -0.260 e. The third-order valence-electron chi connectivity index (χ3n) is 1.22. The molecule has 0 aromatic carbocycles. The quantitative estimate of drug-likeness (QED) is 0.511. The Bertz CT molecular complexity index is 43.8. The lowest BCUT2D eigenvalue weighted by Gasteiger charge is -2.06. The Morgan fingerprint density at radius 1 is 1.50 bits per heavy atom. The van der Waals surface area contributed by atoms with E-state index in [4.69, 9.17) is 5.90 Å². The van der Waals surface area contributed by atoms with Crippen molar-refractivity contribution in [2.24, 2.45) is 0 Å². The molecule has 48 valence electrons. The SMILES string of the molecule is CCCC(CC)O[N]. The van der Waals surface area contributed by atoms with Crippen LogP contribution in [0, 0.1) is 0 Å². The Labute approximate surface area is 51.0 Å². The fourth-order valence-corrected chi connectivity index (χ4v) is 0.653. The van der Waals surface area contributed by atoms with Gasteiger partial charge in [-0.15, -0.1) is 0 Å². The molecule has 2 radical (unpaired) electrons. The van der Waals surface area contributed by atoms with Gasteiger partial charge in [0.1, 0.15) is 0 Å². The highest BCUT2D eigenvalue weighted by atomic mass is 16.6. The minimum absolute atomic E-state index is 0.0556. The fraction of sp³-hybridized carbons (Fsp3) is 1.00. The molecule has 1 unspecified atom stereocenters. The van der Waals surface area contributed by atoms with Gasteiger partial charge in [0.15, 0.2) is 0 Å². The van der Waals surface area contributed by atoms with Gasteiger partial charge in [-0.3, -0.25) is 4.84 Å². The minimum atomic E-state index is 0.0556. The first-order chi connectivity index (χ1) is 3.85. The van der Waals surface area contributed by atoms with Crippen LogP contribution in [0.15, 0.2) is 0 Å². The van der Waals surface area contributed by atoms with E-state index in [0.29, 0.717) is 0 Å². The van der Waals surface area contributed by atoms with Crippen LogP contribution >= 0.6 is 0 Å². The second-order valence-electron chi connectivity index (χ2n) is 1.92. The zero-order chi connectivity index (χ0) is 6.41. The maximum atomic E-state index is 8.16. The van der Waals surface area contributed by atoms with E-state index in [1.165, 1.54) is 0 Å². The van der Waals surface area contributed by atoms with Crippen LogP contribution in [0.2, 0.25) is 0 Å². The number of nitrogens with zero attached hydrogens (tertiary/aromatic N) is 1. The lowest BCUT2D eigenvalue weighted by atomic mass is 10.2. The van der Waals surface area contributed by atoms with Gasteiger partial charge in [0.2, 0.25) is 0 Å². The van der Waals surface area contributed by atoms with Crippen LogP contribution in [0.3, 0.4) is 0 Å². The smallest absolute Gasteiger partial charge is 0.0825 e. The van der Waals surface area contributed by atoms with Gasteiger partial charge in [0.25, 0.3) is 0 Å². The molecule has 0 bridgehead atoms. The van der Waals surface area contributed by atoms with Gasteiger partial charge < -0.3 is 0 Å². The van der Waals surface area contributed by atoms with Crippen molar-refractivity contribution >= 4 is 0 Å². The molecule has 2 heteroatoms. The van der Waals surface area contributed by atoms with E-state index >= 15 is 0 Å². The molecule has 8 heavy (non-hydrogen) atoms. The van der Waals surface area contributed by atoms with Crippen molar-refractivity contribution in [3.05, 3.63) is 0 Å². The Balaban J connectivity index is 3.07. The van der Waals surface area contributed by atoms with Crippen LogP contribution in [0.1, 0.15) is 33.1 Å². The summed E-state index contributed by atoms with van der Waals surface area (Å²) in [6.45, 7) is 4.07. The van der Waals surface area contributed by atoms with E-state index in [1.807, 2.05) is 6.92 Å². The molecule has 0 saturated carbocycles. The van der Waals surface area contributed by atoms with Gasteiger partial charge in [0, 0.05) is 5.90 Å². The fourth-order valence-electron chi connectivity index (χ4n) is 0.653. The molecular weight excluding hydrogens is 102 g/mol. The van der Waals surface area contributed by atoms with Crippen molar-refractivity contribution in [3.63, 3.8) is 0 Å². The van der Waals surface area contributed by atoms with Gasteiger partial charge in [-0.2, -0.15) is 0 Å². The number of hydrogen-bond acceptors (Lipinski definition) is 1. The molecule has 0 aliphatic heterocycles. The molecule has 0 aliphatic rings. The second kappa shape index (κ2) is 5.06. The highest BCUT2D eigenvalue weighted by molar-refractivity contribution is 4.50. The van der Waals surface area contributed by atoms with Crippen molar-refractivity contribution in [2.45, 2.75) is 39.2 Å². The first-order valence-electron chi connectivity index (χ1n) is 3.15. The first-order valence-corrected chi connectivity index (χ1v) is 3.15. The molecule has 0 N–H and O–H groups in total. The summed E-state index contributed by atoms with van der Waals surface area (Å²) < 4.78 is 0. The predicted molar refractivity (Wildman–Crippen MR) is 32.2 cm³/mol. The van der Waals surface area contributed by atoms with Gasteiger partial charge in [-0.1, -0.05) is 20.3 Å². The third-order valence-corrected chi connectivity index (χ3v) is 1.22. The molecule has 2 nitrogen and oxygen atoms in total. The van der Waals surface area contributed by atoms with Crippen LogP contribution in [0.5, 0.6) is 0 Å². The Hall–Kier alpha value is -0.0800. The molecule has 0 heterocycles. The Morgan fingerprint density at radius 2 is 2.12 bits per heavy atom. The molecule has 0 rings (SSSR count). The van der Waals surface area contributed by atoms with Crippen molar-refractivity contribution in [3.8, 4) is 0 Å². The van der Waals surface area contributed by atoms with Crippen LogP contribution in [-0.4, -0.2) is 6.10 Å². The molecule has 0 spiro atoms. The van der Waals surface area contributed by atoms with Crippen LogP contribution in [0.25, 0.3) is 0 Å². The number of hydrogen-bond donors (Lipinski definition) is 0. The van der Waals surface area contributed by atoms with Crippen LogP contribution in [0.4, 0.5) is 0 Å². The topological polar surface area (TPSA) is 31.5 Å². The number of rotatable bonds is 4. The van der Waals surface area contributed by atoms with Gasteiger partial charge in [-0.05, 0) is 12.8 Å². The maximum Gasteiger partial charge on any atom is 0.0825 e. The predicted octanol–water partition coefficient (Wildman–Crippen LogP) is 1.57. The zero-order valence-electron chi connectivity index (χ0n) is 5.55. The summed E-state index contributed by atoms with van der Waals surface area (Å²) in [5, 5.41) is 0. The average molecular weight is 115 g/mol. The van der Waals surface area contributed by atoms with Crippen molar-refractivity contribution < 1.29 is 4.84 Å². The summed E-state index contributed by atoms with van der Waals surface area (Å²) in [7, 11) is 0. The molecule has 0 amide bonds. The molecule has 0 saturated heterocycles. The normalized spacial score (nSPS) is 13.9. The zero-order valence-corrected chi connectivity index (χ0v) is 5.55. The van der Waals surface area contributed by atoms with Gasteiger partial charge in [0.05, 0.1) is 6.10 Å². The monoisotopic (exact) mass is 115 g/mol. The van der Waals surface area contributed by atoms with E-state index in [0.717, 1.165) is 19.3 Å². The second-order valence-corrected chi connectivity index (χ2v) is 1.92. The molecule has 0 fully saturated rings. The lowest BCUT2D eigenvalue weighted by Crippen LogP contribution is -2.08. The first kappa shape index (κ1) is 7.92. The summed E-state index contributed by atoms with van der Waals surface area (Å²) in [6, 6.07) is 0. The Morgan fingerprint density at radius 3 is 2.25 bits per heavy atom. The van der Waals surface area contributed by atoms with E-state index < -0.39 is 0 Å². The van der Waals surface area contributed by atoms with Crippen molar-refractivity contribution in [2.75, 3.05) is 0 Å². The lowest BCUT2D eigenvalue weighted by molar-refractivity contribution is 0.0288. The van der Waals surface area contributed by atoms with E-state index in [9.17, 15) is 0 Å². The van der Waals surface area contributed by atoms with E-state index in [2.05, 4.69) is 11.8 Å². The van der Waals surface area contributed by atoms with E-state index in [-0.39, 0.29) is 6.10 Å². The van der Waals surface area contributed by atoms with Crippen LogP contribution < -0.4 is 5.90 Å². The molecule has 0 aromatic rings. The van der Waals surface area contributed by atoms with E-state index in [1.54, 1.807) is 0 Å².